The Labute approximate surface area is 123 Å². The Balaban J connectivity index is 2.03. The fourth-order valence-electron chi connectivity index (χ4n) is 1.67. The summed E-state index contributed by atoms with van der Waals surface area (Å²) in [6.45, 7) is 1.60. The maximum Gasteiger partial charge on any atom is 0.397 e. The Bertz CT molecular complexity index is 613. The molecule has 0 aliphatic rings. The highest BCUT2D eigenvalue weighted by Gasteiger charge is 2.31. The van der Waals surface area contributed by atoms with Crippen molar-refractivity contribution in [2.45, 2.75) is 25.6 Å². The molecule has 0 spiro atoms. The largest absolute Gasteiger partial charge is 0.397 e. The number of alkyl halides is 3. The molecule has 8 heteroatoms. The van der Waals surface area contributed by atoms with Gasteiger partial charge in [-0.15, -0.1) is 11.3 Å². The van der Waals surface area contributed by atoms with Crippen LogP contribution in [0.5, 0.6) is 0 Å². The van der Waals surface area contributed by atoms with Crippen LogP contribution in [0, 0.1) is 0 Å². The Kier molecular flexibility index (Phi) is 4.56. The second-order valence-electron chi connectivity index (χ2n) is 4.39. The number of hydrogen-bond donors (Lipinski definition) is 1. The normalized spacial score (nSPS) is 13.0. The summed E-state index contributed by atoms with van der Waals surface area (Å²) in [5.74, 6) is -1.06. The van der Waals surface area contributed by atoms with Crippen molar-refractivity contribution < 1.29 is 18.0 Å². The number of nitrogens with zero attached hydrogens (tertiary/aromatic N) is 2. The van der Waals surface area contributed by atoms with Crippen LogP contribution in [0.15, 0.2) is 29.9 Å². The standard InChI is InChI=1S/C13H12F3N3OS/c1-8(18-11(20)5-13(14,15)16)12-19-10(7-21-12)9-3-2-4-17-6-9/h2-4,6-8H,5H2,1H3,(H,18,20)/t8-/m1/s1. The minimum Gasteiger partial charge on any atom is -0.347 e. The lowest BCUT2D eigenvalue weighted by molar-refractivity contribution is -0.154. The fourth-order valence-corrected chi connectivity index (χ4v) is 2.50. The van der Waals surface area contributed by atoms with Crippen LogP contribution < -0.4 is 5.32 Å². The van der Waals surface area contributed by atoms with Crippen molar-refractivity contribution in [3.05, 3.63) is 34.9 Å². The van der Waals surface area contributed by atoms with E-state index >= 15 is 0 Å². The van der Waals surface area contributed by atoms with Crippen molar-refractivity contribution in [1.82, 2.24) is 15.3 Å². The van der Waals surface area contributed by atoms with Gasteiger partial charge in [-0.25, -0.2) is 4.98 Å². The Morgan fingerprint density at radius 2 is 2.24 bits per heavy atom. The third kappa shape index (κ3) is 4.52. The number of amides is 1. The third-order valence-corrected chi connectivity index (χ3v) is 3.62. The number of hydrogen-bond acceptors (Lipinski definition) is 4. The van der Waals surface area contributed by atoms with Crippen molar-refractivity contribution in [1.29, 1.82) is 0 Å². The van der Waals surface area contributed by atoms with E-state index in [9.17, 15) is 18.0 Å². The molecule has 2 rings (SSSR count). The van der Waals surface area contributed by atoms with Crippen molar-refractivity contribution >= 4 is 17.2 Å². The summed E-state index contributed by atoms with van der Waals surface area (Å²) in [5, 5.41) is 4.61. The van der Waals surface area contributed by atoms with E-state index in [1.54, 1.807) is 30.8 Å². The first-order valence-corrected chi connectivity index (χ1v) is 6.95. The zero-order valence-electron chi connectivity index (χ0n) is 11.0. The van der Waals surface area contributed by atoms with E-state index in [0.29, 0.717) is 10.7 Å². The maximum absolute atomic E-state index is 12.1. The second-order valence-corrected chi connectivity index (χ2v) is 5.28. The molecule has 4 nitrogen and oxygen atoms in total. The molecule has 0 saturated heterocycles. The van der Waals surface area contributed by atoms with E-state index in [4.69, 9.17) is 0 Å². The van der Waals surface area contributed by atoms with Crippen LogP contribution >= 0.6 is 11.3 Å². The molecule has 0 fully saturated rings. The minimum atomic E-state index is -4.51. The zero-order chi connectivity index (χ0) is 15.5. The van der Waals surface area contributed by atoms with Crippen molar-refractivity contribution in [3.63, 3.8) is 0 Å². The topological polar surface area (TPSA) is 54.9 Å². The number of carbonyl (C=O) groups excluding carboxylic acids is 1. The highest BCUT2D eigenvalue weighted by molar-refractivity contribution is 7.10. The number of aromatic nitrogens is 2. The van der Waals surface area contributed by atoms with Crippen molar-refractivity contribution in [2.24, 2.45) is 0 Å². The van der Waals surface area contributed by atoms with E-state index < -0.39 is 24.5 Å². The van der Waals surface area contributed by atoms with Crippen LogP contribution in [0.3, 0.4) is 0 Å². The van der Waals surface area contributed by atoms with Gasteiger partial charge in [0.15, 0.2) is 0 Å². The minimum absolute atomic E-state index is 0.546. The molecule has 0 unspecified atom stereocenters. The van der Waals surface area contributed by atoms with E-state index in [0.717, 1.165) is 5.56 Å². The molecule has 1 atom stereocenters. The summed E-state index contributed by atoms with van der Waals surface area (Å²) in [6.07, 6.45) is -2.71. The monoisotopic (exact) mass is 315 g/mol. The van der Waals surface area contributed by atoms with Gasteiger partial charge in [0.25, 0.3) is 0 Å². The van der Waals surface area contributed by atoms with Crippen LogP contribution in [-0.4, -0.2) is 22.1 Å². The van der Waals surface area contributed by atoms with E-state index in [1.165, 1.54) is 11.3 Å². The third-order valence-electron chi connectivity index (χ3n) is 2.59. The van der Waals surface area contributed by atoms with Gasteiger partial charge in [-0.05, 0) is 19.1 Å². The molecule has 1 N–H and O–H groups in total. The molecule has 2 heterocycles. The molecule has 2 aromatic rings. The lowest BCUT2D eigenvalue weighted by Gasteiger charge is -2.12. The summed E-state index contributed by atoms with van der Waals surface area (Å²) in [5.41, 5.74) is 1.49. The molecular formula is C13H12F3N3OS. The van der Waals surface area contributed by atoms with Crippen molar-refractivity contribution in [3.8, 4) is 11.3 Å². The smallest absolute Gasteiger partial charge is 0.347 e. The Morgan fingerprint density at radius 3 is 2.86 bits per heavy atom. The van der Waals surface area contributed by atoms with Gasteiger partial charge < -0.3 is 5.32 Å². The molecule has 21 heavy (non-hydrogen) atoms. The molecule has 0 aromatic carbocycles. The first-order valence-electron chi connectivity index (χ1n) is 6.07. The first-order chi connectivity index (χ1) is 9.85. The zero-order valence-corrected chi connectivity index (χ0v) is 11.8. The quantitative estimate of drug-likeness (QED) is 0.941. The van der Waals surface area contributed by atoms with Gasteiger partial charge >= 0.3 is 6.18 Å². The summed E-state index contributed by atoms with van der Waals surface area (Å²) in [6, 6.07) is 3.03. The number of thiazole rings is 1. The highest BCUT2D eigenvalue weighted by atomic mass is 32.1. The molecular weight excluding hydrogens is 303 g/mol. The van der Waals surface area contributed by atoms with Gasteiger partial charge in [0.1, 0.15) is 11.4 Å². The van der Waals surface area contributed by atoms with E-state index in [-0.39, 0.29) is 0 Å². The van der Waals surface area contributed by atoms with Gasteiger partial charge in [0.05, 0.1) is 11.7 Å². The highest BCUT2D eigenvalue weighted by Crippen LogP contribution is 2.25. The summed E-state index contributed by atoms with van der Waals surface area (Å²) < 4.78 is 36.3. The fraction of sp³-hybridized carbons (Fsp3) is 0.308. The second kappa shape index (κ2) is 6.21. The van der Waals surface area contributed by atoms with Gasteiger partial charge in [0, 0.05) is 23.3 Å². The average Bonchev–Trinajstić information content (AvgIpc) is 2.87. The summed E-state index contributed by atoms with van der Waals surface area (Å²) in [7, 11) is 0. The number of carbonyl (C=O) groups is 1. The lowest BCUT2D eigenvalue weighted by Crippen LogP contribution is -2.30. The molecule has 0 aliphatic carbocycles. The van der Waals surface area contributed by atoms with Gasteiger partial charge in [-0.3, -0.25) is 9.78 Å². The SMILES string of the molecule is C[C@@H](NC(=O)CC(F)(F)F)c1nc(-c2cccnc2)cs1. The molecule has 0 radical (unpaired) electrons. The van der Waals surface area contributed by atoms with E-state index in [2.05, 4.69) is 15.3 Å². The van der Waals surface area contributed by atoms with E-state index in [1.807, 2.05) is 6.07 Å². The van der Waals surface area contributed by atoms with Crippen LogP contribution in [0.4, 0.5) is 13.2 Å². The predicted molar refractivity (Wildman–Crippen MR) is 72.6 cm³/mol. The van der Waals surface area contributed by atoms with Crippen LogP contribution in [0.2, 0.25) is 0 Å². The lowest BCUT2D eigenvalue weighted by atomic mass is 10.2. The molecule has 0 bridgehead atoms. The molecule has 112 valence electrons. The Morgan fingerprint density at radius 1 is 1.48 bits per heavy atom. The number of rotatable bonds is 4. The maximum atomic E-state index is 12.1. The first kappa shape index (κ1) is 15.4. The van der Waals surface area contributed by atoms with Gasteiger partial charge in [0.2, 0.25) is 5.91 Å². The molecule has 1 amide bonds. The summed E-state index contributed by atoms with van der Waals surface area (Å²) >= 11 is 1.28. The molecule has 2 aromatic heterocycles. The van der Waals surface area contributed by atoms with Crippen LogP contribution in [0.25, 0.3) is 11.3 Å². The number of nitrogens with one attached hydrogen (secondary N) is 1. The number of halogens is 3. The average molecular weight is 315 g/mol. The van der Waals surface area contributed by atoms with Crippen LogP contribution in [-0.2, 0) is 4.79 Å². The number of pyridine rings is 1. The van der Waals surface area contributed by atoms with Gasteiger partial charge in [-0.2, -0.15) is 13.2 Å². The van der Waals surface area contributed by atoms with Gasteiger partial charge in [-0.1, -0.05) is 0 Å². The van der Waals surface area contributed by atoms with Crippen LogP contribution in [0.1, 0.15) is 24.4 Å². The Hall–Kier alpha value is -1.96. The summed E-state index contributed by atoms with van der Waals surface area (Å²) in [4.78, 5) is 19.5. The molecule has 0 aliphatic heterocycles. The predicted octanol–water partition coefficient (Wildman–Crippen LogP) is 3.33. The van der Waals surface area contributed by atoms with Crippen molar-refractivity contribution in [2.75, 3.05) is 0 Å². The molecule has 0 saturated carbocycles.